The number of carbonyl (C=O) groups is 4. The topological polar surface area (TPSA) is 108 Å². The predicted octanol–water partition coefficient (Wildman–Crippen LogP) is 7.72. The molecule has 2 aliphatic rings. The van der Waals surface area contributed by atoms with Crippen molar-refractivity contribution in [3.63, 3.8) is 0 Å². The largest absolute Gasteiger partial charge is 0.493 e. The molecule has 1 unspecified atom stereocenters. The van der Waals surface area contributed by atoms with Crippen molar-refractivity contribution in [1.82, 2.24) is 4.90 Å². The van der Waals surface area contributed by atoms with Gasteiger partial charge in [0.15, 0.2) is 12.6 Å². The smallest absolute Gasteiger partial charge is 0.311 e. The summed E-state index contributed by atoms with van der Waals surface area (Å²) in [5.41, 5.74) is 4.86. The fourth-order valence-electron chi connectivity index (χ4n) is 6.48. The lowest BCUT2D eigenvalue weighted by Gasteiger charge is -2.23. The molecule has 0 radical (unpaired) electrons. The normalized spacial score (nSPS) is 15.7. The number of carbonyl (C=O) groups excluding carboxylic acids is 4. The fourth-order valence-corrected chi connectivity index (χ4v) is 6.48. The second kappa shape index (κ2) is 16.6. The van der Waals surface area contributed by atoms with E-state index in [-0.39, 0.29) is 24.5 Å². The highest BCUT2D eigenvalue weighted by Gasteiger charge is 2.22. The van der Waals surface area contributed by atoms with Crippen molar-refractivity contribution in [2.24, 2.45) is 0 Å². The standard InChI is InChI=1S/C42H43NO8/c1-3-7-33-24-34(31-11-12-32-26-36(14-13-30(32)23-31)50-41-8-4-5-20-49-41)25-35(27-44)42(33)51-40(47)18-10-29-9-15-37(28(2)22-29)48-21-6-19-43-38(45)16-17-39(43)46/h9,11-17,22-27,41H,3-8,10,18-21H2,1-2H3. The van der Waals surface area contributed by atoms with Gasteiger partial charge in [0.2, 0.25) is 0 Å². The Morgan fingerprint density at radius 2 is 1.73 bits per heavy atom. The van der Waals surface area contributed by atoms with Crippen LogP contribution in [0.2, 0.25) is 0 Å². The van der Waals surface area contributed by atoms with Crippen molar-refractivity contribution < 1.29 is 38.1 Å². The molecule has 4 aromatic rings. The maximum Gasteiger partial charge on any atom is 0.311 e. The summed E-state index contributed by atoms with van der Waals surface area (Å²) in [6.45, 7) is 5.37. The molecular weight excluding hydrogens is 646 g/mol. The van der Waals surface area contributed by atoms with Crippen molar-refractivity contribution in [2.45, 2.75) is 71.5 Å². The van der Waals surface area contributed by atoms with Gasteiger partial charge in [-0.1, -0.05) is 43.7 Å². The third-order valence-corrected chi connectivity index (χ3v) is 9.15. The van der Waals surface area contributed by atoms with Crippen LogP contribution in [0.25, 0.3) is 21.9 Å². The minimum atomic E-state index is -0.413. The highest BCUT2D eigenvalue weighted by molar-refractivity contribution is 6.12. The van der Waals surface area contributed by atoms with Crippen LogP contribution in [0.15, 0.2) is 78.9 Å². The van der Waals surface area contributed by atoms with Gasteiger partial charge in [0.25, 0.3) is 11.8 Å². The van der Waals surface area contributed by atoms with E-state index in [2.05, 4.69) is 13.0 Å². The molecule has 1 saturated heterocycles. The van der Waals surface area contributed by atoms with Crippen LogP contribution in [0, 0.1) is 6.92 Å². The minimum Gasteiger partial charge on any atom is -0.493 e. The van der Waals surface area contributed by atoms with Crippen LogP contribution in [0.1, 0.15) is 72.5 Å². The van der Waals surface area contributed by atoms with Crippen LogP contribution >= 0.6 is 0 Å². The zero-order valence-electron chi connectivity index (χ0n) is 29.2. The lowest BCUT2D eigenvalue weighted by atomic mass is 9.95. The summed E-state index contributed by atoms with van der Waals surface area (Å²) < 4.78 is 23.5. The number of aryl methyl sites for hydroxylation is 3. The molecule has 0 aromatic heterocycles. The van der Waals surface area contributed by atoms with Gasteiger partial charge in [-0.15, -0.1) is 0 Å². The number of aldehydes is 1. The summed E-state index contributed by atoms with van der Waals surface area (Å²) in [7, 11) is 0. The molecule has 51 heavy (non-hydrogen) atoms. The quantitative estimate of drug-likeness (QED) is 0.0411. The van der Waals surface area contributed by atoms with Gasteiger partial charge in [0.05, 0.1) is 18.8 Å². The molecule has 0 spiro atoms. The molecule has 264 valence electrons. The molecule has 2 amide bonds. The molecule has 9 heteroatoms. The van der Waals surface area contributed by atoms with Gasteiger partial charge in [-0.3, -0.25) is 24.1 Å². The highest BCUT2D eigenvalue weighted by Crippen LogP contribution is 2.34. The molecule has 6 rings (SSSR count). The molecule has 2 aliphatic heterocycles. The predicted molar refractivity (Wildman–Crippen MR) is 194 cm³/mol. The second-order valence-electron chi connectivity index (χ2n) is 13.0. The monoisotopic (exact) mass is 689 g/mol. The minimum absolute atomic E-state index is 0.139. The van der Waals surface area contributed by atoms with E-state index in [1.54, 1.807) is 6.07 Å². The summed E-state index contributed by atoms with van der Waals surface area (Å²) in [5, 5.41) is 2.09. The van der Waals surface area contributed by atoms with Crippen LogP contribution in [0.3, 0.4) is 0 Å². The number of nitrogens with zero attached hydrogens (tertiary/aromatic N) is 1. The fraction of sp³-hybridized carbons (Fsp3) is 0.333. The van der Waals surface area contributed by atoms with Gasteiger partial charge in [-0.05, 0) is 114 Å². The number of hydrogen-bond donors (Lipinski definition) is 0. The SMILES string of the molecule is CCCc1cc(-c2ccc3cc(OC4CCCCO4)ccc3c2)cc(C=O)c1OC(=O)CCc1ccc(OCCCN2C(=O)C=CC2=O)c(C)c1. The van der Waals surface area contributed by atoms with E-state index >= 15 is 0 Å². The van der Waals surface area contributed by atoms with E-state index in [4.69, 9.17) is 18.9 Å². The van der Waals surface area contributed by atoms with Crippen molar-refractivity contribution in [3.05, 3.63) is 101 Å². The Bertz CT molecular complexity index is 1940. The number of esters is 1. The first-order valence-electron chi connectivity index (χ1n) is 17.7. The van der Waals surface area contributed by atoms with E-state index in [1.165, 1.54) is 17.1 Å². The number of benzene rings is 4. The highest BCUT2D eigenvalue weighted by atomic mass is 16.7. The first-order valence-corrected chi connectivity index (χ1v) is 17.7. The Kier molecular flexibility index (Phi) is 11.6. The first kappa shape index (κ1) is 35.5. The molecular formula is C42H43NO8. The maximum atomic E-state index is 13.1. The lowest BCUT2D eigenvalue weighted by molar-refractivity contribution is -0.137. The van der Waals surface area contributed by atoms with Crippen molar-refractivity contribution >= 4 is 34.8 Å². The average molecular weight is 690 g/mol. The number of fused-ring (bicyclic) bond motifs is 1. The van der Waals surface area contributed by atoms with Gasteiger partial charge in [0, 0.05) is 31.5 Å². The van der Waals surface area contributed by atoms with E-state index in [1.807, 2.05) is 61.5 Å². The van der Waals surface area contributed by atoms with E-state index in [0.717, 1.165) is 82.9 Å². The molecule has 4 aromatic carbocycles. The molecule has 9 nitrogen and oxygen atoms in total. The summed E-state index contributed by atoms with van der Waals surface area (Å²) >= 11 is 0. The average Bonchev–Trinajstić information content (AvgIpc) is 3.46. The summed E-state index contributed by atoms with van der Waals surface area (Å²) in [6.07, 6.45) is 8.74. The van der Waals surface area contributed by atoms with Gasteiger partial charge >= 0.3 is 5.97 Å². The Balaban J connectivity index is 1.07. The molecule has 0 aliphatic carbocycles. The Labute approximate surface area is 298 Å². The van der Waals surface area contributed by atoms with Crippen LogP contribution in [-0.4, -0.2) is 55.0 Å². The van der Waals surface area contributed by atoms with Gasteiger partial charge in [-0.25, -0.2) is 0 Å². The third-order valence-electron chi connectivity index (χ3n) is 9.15. The molecule has 0 saturated carbocycles. The van der Waals surface area contributed by atoms with Gasteiger partial charge in [0.1, 0.15) is 17.2 Å². The first-order chi connectivity index (χ1) is 24.8. The van der Waals surface area contributed by atoms with Gasteiger partial charge < -0.3 is 18.9 Å². The third kappa shape index (κ3) is 8.91. The van der Waals surface area contributed by atoms with Crippen molar-refractivity contribution in [2.75, 3.05) is 19.8 Å². The Morgan fingerprint density at radius 3 is 2.47 bits per heavy atom. The van der Waals surface area contributed by atoms with E-state index in [0.29, 0.717) is 49.5 Å². The van der Waals surface area contributed by atoms with Crippen LogP contribution in [0.4, 0.5) is 0 Å². The molecule has 1 fully saturated rings. The lowest BCUT2D eigenvalue weighted by Crippen LogP contribution is -2.31. The number of hydrogen-bond acceptors (Lipinski definition) is 8. The Hall–Kier alpha value is -5.28. The number of imide groups is 1. The molecule has 2 heterocycles. The summed E-state index contributed by atoms with van der Waals surface area (Å²) in [6, 6.07) is 21.7. The number of rotatable bonds is 15. The zero-order valence-corrected chi connectivity index (χ0v) is 29.2. The van der Waals surface area contributed by atoms with Gasteiger partial charge in [-0.2, -0.15) is 0 Å². The molecule has 1 atom stereocenters. The van der Waals surface area contributed by atoms with E-state index in [9.17, 15) is 19.2 Å². The molecule has 0 bridgehead atoms. The van der Waals surface area contributed by atoms with Crippen LogP contribution < -0.4 is 14.2 Å². The zero-order chi connectivity index (χ0) is 35.7. The Morgan fingerprint density at radius 1 is 0.922 bits per heavy atom. The van der Waals surface area contributed by atoms with Crippen molar-refractivity contribution in [3.8, 4) is 28.4 Å². The van der Waals surface area contributed by atoms with Crippen LogP contribution in [-0.2, 0) is 32.0 Å². The van der Waals surface area contributed by atoms with Crippen LogP contribution in [0.5, 0.6) is 17.2 Å². The van der Waals surface area contributed by atoms with E-state index < -0.39 is 5.97 Å². The second-order valence-corrected chi connectivity index (χ2v) is 13.0. The number of ether oxygens (including phenoxy) is 4. The number of amides is 2. The summed E-state index contributed by atoms with van der Waals surface area (Å²) in [4.78, 5) is 50.1. The maximum absolute atomic E-state index is 13.1. The van der Waals surface area contributed by atoms with Crippen molar-refractivity contribution in [1.29, 1.82) is 0 Å². The summed E-state index contributed by atoms with van der Waals surface area (Å²) in [5.74, 6) is 0.791. The molecule has 0 N–H and O–H groups in total.